The fourth-order valence-electron chi connectivity index (χ4n) is 4.30. The number of carboxylic acids is 1. The van der Waals surface area contributed by atoms with Crippen LogP contribution in [0.5, 0.6) is 5.75 Å². The smallest absolute Gasteiger partial charge is 0.320 e. The van der Waals surface area contributed by atoms with Crippen LogP contribution < -0.4 is 10.5 Å². The van der Waals surface area contributed by atoms with Crippen molar-refractivity contribution in [3.63, 3.8) is 0 Å². The third-order valence-corrected chi connectivity index (χ3v) is 8.01. The number of carboxylic acid groups (broad SMARTS) is 1. The number of aromatic nitrogens is 2. The highest BCUT2D eigenvalue weighted by atomic mass is 35.5. The number of carbonyl (C=O) groups is 1. The van der Waals surface area contributed by atoms with Gasteiger partial charge < -0.3 is 15.6 Å². The fourth-order valence-corrected chi connectivity index (χ4v) is 5.90. The number of fused-ring (bicyclic) bond motifs is 1. The maximum atomic E-state index is 13.4. The molecule has 1 fully saturated rings. The lowest BCUT2D eigenvalue weighted by Crippen LogP contribution is -2.64. The van der Waals surface area contributed by atoms with E-state index in [1.165, 1.54) is 16.4 Å². The zero-order valence-electron chi connectivity index (χ0n) is 19.6. The summed E-state index contributed by atoms with van der Waals surface area (Å²) in [5.41, 5.74) is 7.56. The van der Waals surface area contributed by atoms with E-state index in [2.05, 4.69) is 9.97 Å². The van der Waals surface area contributed by atoms with Gasteiger partial charge in [0.15, 0.2) is 5.60 Å². The SMILES string of the molecule is Cl.N[C@@H](Cc1cccc(S(=O)(=O)N2CC(Oc3ccc4nccnc4c3)(c3ccccc3)C2)c1)C(=O)O. The van der Waals surface area contributed by atoms with Crippen molar-refractivity contribution in [2.75, 3.05) is 13.1 Å². The van der Waals surface area contributed by atoms with E-state index >= 15 is 0 Å². The Kier molecular flexibility index (Phi) is 7.47. The maximum absolute atomic E-state index is 13.4. The molecule has 1 atom stereocenters. The Morgan fingerprint density at radius 2 is 1.70 bits per heavy atom. The van der Waals surface area contributed by atoms with Gasteiger partial charge in [-0.1, -0.05) is 42.5 Å². The topological polar surface area (TPSA) is 136 Å². The number of ether oxygens (including phenoxy) is 1. The molecule has 0 bridgehead atoms. The monoisotopic (exact) mass is 540 g/mol. The van der Waals surface area contributed by atoms with Crippen LogP contribution in [0.1, 0.15) is 11.1 Å². The van der Waals surface area contributed by atoms with Gasteiger partial charge in [-0.05, 0) is 41.8 Å². The third kappa shape index (κ3) is 5.28. The molecular weight excluding hydrogens is 516 g/mol. The molecule has 0 radical (unpaired) electrons. The Labute approximate surface area is 220 Å². The molecule has 11 heteroatoms. The molecule has 0 amide bonds. The number of halogens is 1. The van der Waals surface area contributed by atoms with Gasteiger partial charge in [0.25, 0.3) is 0 Å². The van der Waals surface area contributed by atoms with Crippen LogP contribution in [0.4, 0.5) is 0 Å². The second-order valence-electron chi connectivity index (χ2n) is 8.74. The molecule has 1 saturated heterocycles. The van der Waals surface area contributed by atoms with Gasteiger partial charge in [-0.25, -0.2) is 8.42 Å². The molecule has 1 aliphatic heterocycles. The van der Waals surface area contributed by atoms with Crippen LogP contribution in [0.3, 0.4) is 0 Å². The lowest BCUT2D eigenvalue weighted by Gasteiger charge is -2.48. The molecule has 3 aromatic carbocycles. The van der Waals surface area contributed by atoms with Crippen molar-refractivity contribution in [1.82, 2.24) is 14.3 Å². The summed E-state index contributed by atoms with van der Waals surface area (Å²) in [5, 5.41) is 9.08. The minimum Gasteiger partial charge on any atom is -0.480 e. The number of hydrogen-bond acceptors (Lipinski definition) is 7. The van der Waals surface area contributed by atoms with Crippen molar-refractivity contribution >= 4 is 39.4 Å². The second-order valence-corrected chi connectivity index (χ2v) is 10.7. The lowest BCUT2D eigenvalue weighted by molar-refractivity contribution is -0.138. The fraction of sp³-hybridized carbons (Fsp3) is 0.192. The lowest BCUT2D eigenvalue weighted by atomic mass is 9.87. The number of nitrogens with two attached hydrogens (primary N) is 1. The van der Waals surface area contributed by atoms with Crippen LogP contribution >= 0.6 is 12.4 Å². The van der Waals surface area contributed by atoms with Crippen LogP contribution in [0.2, 0.25) is 0 Å². The maximum Gasteiger partial charge on any atom is 0.320 e. The zero-order chi connectivity index (χ0) is 25.3. The van der Waals surface area contributed by atoms with E-state index in [1.807, 2.05) is 36.4 Å². The van der Waals surface area contributed by atoms with E-state index in [0.29, 0.717) is 16.8 Å². The van der Waals surface area contributed by atoms with Crippen LogP contribution in [-0.4, -0.2) is 52.9 Å². The van der Waals surface area contributed by atoms with Crippen molar-refractivity contribution < 1.29 is 23.1 Å². The van der Waals surface area contributed by atoms with Gasteiger partial charge in [0.1, 0.15) is 11.8 Å². The van der Waals surface area contributed by atoms with Crippen molar-refractivity contribution in [3.05, 3.63) is 96.3 Å². The average molecular weight is 541 g/mol. The van der Waals surface area contributed by atoms with Gasteiger partial charge in [0.2, 0.25) is 10.0 Å². The first-order valence-corrected chi connectivity index (χ1v) is 12.7. The molecular formula is C26H25ClN4O5S. The Hall–Kier alpha value is -3.57. The van der Waals surface area contributed by atoms with Gasteiger partial charge >= 0.3 is 5.97 Å². The van der Waals surface area contributed by atoms with Crippen LogP contribution in [0.15, 0.2) is 90.1 Å². The van der Waals surface area contributed by atoms with Gasteiger partial charge in [0.05, 0.1) is 29.0 Å². The highest BCUT2D eigenvalue weighted by Crippen LogP contribution is 2.40. The zero-order valence-corrected chi connectivity index (χ0v) is 21.2. The van der Waals surface area contributed by atoms with E-state index in [9.17, 15) is 13.2 Å². The van der Waals surface area contributed by atoms with Crippen molar-refractivity contribution in [2.45, 2.75) is 23.0 Å². The van der Waals surface area contributed by atoms with Gasteiger partial charge in [-0.2, -0.15) is 4.31 Å². The number of nitrogens with zero attached hydrogens (tertiary/aromatic N) is 3. The summed E-state index contributed by atoms with van der Waals surface area (Å²) in [7, 11) is -3.84. The average Bonchev–Trinajstić information content (AvgIpc) is 2.86. The summed E-state index contributed by atoms with van der Waals surface area (Å²) < 4.78 is 34.7. The number of rotatable bonds is 8. The van der Waals surface area contributed by atoms with Gasteiger partial charge in [-0.15, -0.1) is 12.4 Å². The van der Waals surface area contributed by atoms with Crippen molar-refractivity contribution in [1.29, 1.82) is 0 Å². The van der Waals surface area contributed by atoms with Crippen molar-refractivity contribution in [2.24, 2.45) is 5.73 Å². The molecule has 3 N–H and O–H groups in total. The minimum atomic E-state index is -3.84. The summed E-state index contributed by atoms with van der Waals surface area (Å²) in [4.78, 5) is 19.8. The van der Waals surface area contributed by atoms with E-state index in [-0.39, 0.29) is 36.8 Å². The molecule has 0 spiro atoms. The minimum absolute atomic E-state index is 0. The molecule has 37 heavy (non-hydrogen) atoms. The summed E-state index contributed by atoms with van der Waals surface area (Å²) in [6.07, 6.45) is 3.25. The molecule has 2 heterocycles. The molecule has 0 unspecified atom stereocenters. The van der Waals surface area contributed by atoms with Gasteiger partial charge in [0, 0.05) is 18.5 Å². The quantitative estimate of drug-likeness (QED) is 0.348. The highest BCUT2D eigenvalue weighted by Gasteiger charge is 2.52. The largest absolute Gasteiger partial charge is 0.480 e. The second kappa shape index (κ2) is 10.4. The van der Waals surface area contributed by atoms with Crippen LogP contribution in [0, 0.1) is 0 Å². The molecule has 0 saturated carbocycles. The molecule has 0 aliphatic carbocycles. The first kappa shape index (κ1) is 26.5. The third-order valence-electron chi connectivity index (χ3n) is 6.23. The van der Waals surface area contributed by atoms with Gasteiger partial charge in [-0.3, -0.25) is 14.8 Å². The Morgan fingerprint density at radius 3 is 2.41 bits per heavy atom. The number of hydrogen-bond donors (Lipinski definition) is 2. The molecule has 1 aliphatic rings. The Bertz CT molecular complexity index is 1530. The summed E-state index contributed by atoms with van der Waals surface area (Å²) in [6, 6.07) is 20.0. The standard InChI is InChI=1S/C26H24N4O5S.ClH/c27-22(25(31)32)14-18-5-4-8-21(13-18)36(33,34)30-16-26(17-30,19-6-2-1-3-7-19)35-20-9-10-23-24(15-20)29-12-11-28-23;/h1-13,15,22H,14,16-17,27H2,(H,31,32);1H/t22-;/m0./s1. The first-order chi connectivity index (χ1) is 17.3. The predicted octanol–water partition coefficient (Wildman–Crippen LogP) is 2.98. The number of benzene rings is 3. The molecule has 4 aromatic rings. The highest BCUT2D eigenvalue weighted by molar-refractivity contribution is 7.89. The van der Waals surface area contributed by atoms with E-state index < -0.39 is 27.6 Å². The van der Waals surface area contributed by atoms with E-state index in [1.54, 1.807) is 36.7 Å². The van der Waals surface area contributed by atoms with E-state index in [0.717, 1.165) is 11.1 Å². The normalized spacial score (nSPS) is 15.8. The Morgan fingerprint density at radius 1 is 1.00 bits per heavy atom. The first-order valence-electron chi connectivity index (χ1n) is 11.3. The van der Waals surface area contributed by atoms with E-state index in [4.69, 9.17) is 15.6 Å². The number of sulfonamides is 1. The van der Waals surface area contributed by atoms with Crippen molar-refractivity contribution in [3.8, 4) is 5.75 Å². The Balaban J connectivity index is 0.00000320. The molecule has 9 nitrogen and oxygen atoms in total. The van der Waals surface area contributed by atoms with Crippen LogP contribution in [0.25, 0.3) is 11.0 Å². The summed E-state index contributed by atoms with van der Waals surface area (Å²) in [6.45, 7) is 0.216. The summed E-state index contributed by atoms with van der Waals surface area (Å²) >= 11 is 0. The van der Waals surface area contributed by atoms with Crippen LogP contribution in [-0.2, 0) is 26.8 Å². The molecule has 1 aromatic heterocycles. The number of aliphatic carboxylic acids is 1. The predicted molar refractivity (Wildman–Crippen MR) is 140 cm³/mol. The summed E-state index contributed by atoms with van der Waals surface area (Å²) in [5.74, 6) is -0.580. The molecule has 5 rings (SSSR count). The molecule has 192 valence electrons.